The minimum absolute atomic E-state index is 0.102. The molecule has 0 bridgehead atoms. The average molecular weight is 256 g/mol. The lowest BCUT2D eigenvalue weighted by Crippen LogP contribution is -2.27. The van der Waals surface area contributed by atoms with Gasteiger partial charge in [0.1, 0.15) is 0 Å². The summed E-state index contributed by atoms with van der Waals surface area (Å²) < 4.78 is 0. The van der Waals surface area contributed by atoms with Crippen molar-refractivity contribution in [1.82, 2.24) is 0 Å². The van der Waals surface area contributed by atoms with Crippen LogP contribution in [0.2, 0.25) is 0 Å². The van der Waals surface area contributed by atoms with Crippen molar-refractivity contribution in [2.75, 3.05) is 5.32 Å². The molecular weight excluding hydrogens is 236 g/mol. The van der Waals surface area contributed by atoms with Crippen molar-refractivity contribution in [3.8, 4) is 6.07 Å². The smallest absolute Gasteiger partial charge is 0.227 e. The van der Waals surface area contributed by atoms with Gasteiger partial charge in [-0.05, 0) is 49.8 Å². The molecule has 0 atom stereocenters. The molecule has 2 rings (SSSR count). The first-order valence-electron chi connectivity index (χ1n) is 7.04. The van der Waals surface area contributed by atoms with E-state index in [2.05, 4.69) is 18.3 Å². The summed E-state index contributed by atoms with van der Waals surface area (Å²) in [5, 5.41) is 11.8. The molecule has 0 spiro atoms. The largest absolute Gasteiger partial charge is 0.326 e. The van der Waals surface area contributed by atoms with Gasteiger partial charge in [0.15, 0.2) is 0 Å². The summed E-state index contributed by atoms with van der Waals surface area (Å²) in [6.45, 7) is 2.22. The van der Waals surface area contributed by atoms with Gasteiger partial charge in [-0.3, -0.25) is 4.79 Å². The maximum atomic E-state index is 12.2. The summed E-state index contributed by atoms with van der Waals surface area (Å²) in [6, 6.07) is 9.16. The van der Waals surface area contributed by atoms with Crippen LogP contribution in [0.5, 0.6) is 0 Å². The molecule has 1 aromatic carbocycles. The summed E-state index contributed by atoms with van der Waals surface area (Å²) in [7, 11) is 0. The van der Waals surface area contributed by atoms with Crippen molar-refractivity contribution in [1.29, 1.82) is 5.26 Å². The lowest BCUT2D eigenvalue weighted by Gasteiger charge is -2.26. The number of carbonyl (C=O) groups is 1. The van der Waals surface area contributed by atoms with Crippen LogP contribution < -0.4 is 5.32 Å². The molecule has 1 N–H and O–H groups in total. The molecule has 1 aliphatic rings. The minimum Gasteiger partial charge on any atom is -0.326 e. The van der Waals surface area contributed by atoms with Crippen molar-refractivity contribution in [2.24, 2.45) is 11.8 Å². The second-order valence-corrected chi connectivity index (χ2v) is 5.31. The van der Waals surface area contributed by atoms with Crippen molar-refractivity contribution >= 4 is 11.6 Å². The second kappa shape index (κ2) is 6.38. The van der Waals surface area contributed by atoms with Gasteiger partial charge in [-0.1, -0.05) is 19.4 Å². The Labute approximate surface area is 114 Å². The SMILES string of the molecule is CCC1CCC(C(=O)Nc2cccc(C#N)c2)CC1. The highest BCUT2D eigenvalue weighted by Crippen LogP contribution is 2.31. The number of anilines is 1. The van der Waals surface area contributed by atoms with Crippen LogP contribution in [0, 0.1) is 23.2 Å². The first-order valence-corrected chi connectivity index (χ1v) is 7.04. The van der Waals surface area contributed by atoms with Gasteiger partial charge in [0, 0.05) is 11.6 Å². The summed E-state index contributed by atoms with van der Waals surface area (Å²) in [5.74, 6) is 1.03. The van der Waals surface area contributed by atoms with E-state index < -0.39 is 0 Å². The van der Waals surface area contributed by atoms with Gasteiger partial charge in [-0.25, -0.2) is 0 Å². The highest BCUT2D eigenvalue weighted by molar-refractivity contribution is 5.92. The molecule has 0 aliphatic heterocycles. The van der Waals surface area contributed by atoms with Gasteiger partial charge < -0.3 is 5.32 Å². The quantitative estimate of drug-likeness (QED) is 0.896. The Bertz CT molecular complexity index is 482. The Balaban J connectivity index is 1.92. The van der Waals surface area contributed by atoms with Crippen LogP contribution in [0.4, 0.5) is 5.69 Å². The molecule has 0 aromatic heterocycles. The third-order valence-electron chi connectivity index (χ3n) is 4.05. The molecule has 19 heavy (non-hydrogen) atoms. The van der Waals surface area contributed by atoms with E-state index in [1.54, 1.807) is 18.2 Å². The highest BCUT2D eigenvalue weighted by atomic mass is 16.1. The molecule has 1 amide bonds. The lowest BCUT2D eigenvalue weighted by molar-refractivity contribution is -0.121. The molecule has 1 saturated carbocycles. The molecule has 1 aromatic rings. The first kappa shape index (κ1) is 13.6. The van der Waals surface area contributed by atoms with Crippen molar-refractivity contribution in [3.63, 3.8) is 0 Å². The highest BCUT2D eigenvalue weighted by Gasteiger charge is 2.25. The molecule has 0 radical (unpaired) electrons. The van der Waals surface area contributed by atoms with Gasteiger partial charge in [-0.15, -0.1) is 0 Å². The van der Waals surface area contributed by atoms with E-state index in [1.807, 2.05) is 6.07 Å². The number of hydrogen-bond donors (Lipinski definition) is 1. The van der Waals surface area contributed by atoms with E-state index in [0.29, 0.717) is 5.56 Å². The number of carbonyl (C=O) groups excluding carboxylic acids is 1. The van der Waals surface area contributed by atoms with E-state index in [0.717, 1.165) is 37.3 Å². The van der Waals surface area contributed by atoms with Gasteiger partial charge in [0.2, 0.25) is 5.91 Å². The summed E-state index contributed by atoms with van der Waals surface area (Å²) in [6.07, 6.45) is 5.52. The van der Waals surface area contributed by atoms with Crippen LogP contribution in [-0.2, 0) is 4.79 Å². The van der Waals surface area contributed by atoms with Gasteiger partial charge in [0.25, 0.3) is 0 Å². The Morgan fingerprint density at radius 2 is 2.11 bits per heavy atom. The van der Waals surface area contributed by atoms with E-state index >= 15 is 0 Å². The topological polar surface area (TPSA) is 52.9 Å². The maximum absolute atomic E-state index is 12.2. The summed E-state index contributed by atoms with van der Waals surface area (Å²) in [5.41, 5.74) is 1.30. The van der Waals surface area contributed by atoms with E-state index in [-0.39, 0.29) is 11.8 Å². The number of amides is 1. The molecular formula is C16H20N2O. The molecule has 0 unspecified atom stereocenters. The van der Waals surface area contributed by atoms with Crippen molar-refractivity contribution in [2.45, 2.75) is 39.0 Å². The van der Waals surface area contributed by atoms with E-state index in [9.17, 15) is 4.79 Å². The van der Waals surface area contributed by atoms with Gasteiger partial charge in [-0.2, -0.15) is 5.26 Å². The fourth-order valence-electron chi connectivity index (χ4n) is 2.74. The molecule has 0 saturated heterocycles. The number of nitrogens with one attached hydrogen (secondary N) is 1. The van der Waals surface area contributed by atoms with Crippen LogP contribution in [0.25, 0.3) is 0 Å². The Kier molecular flexibility index (Phi) is 4.57. The number of nitrogens with zero attached hydrogens (tertiary/aromatic N) is 1. The fraction of sp³-hybridized carbons (Fsp3) is 0.500. The average Bonchev–Trinajstić information content (AvgIpc) is 2.47. The summed E-state index contributed by atoms with van der Waals surface area (Å²) in [4.78, 5) is 12.2. The van der Waals surface area contributed by atoms with E-state index in [1.165, 1.54) is 6.42 Å². The third kappa shape index (κ3) is 3.57. The van der Waals surface area contributed by atoms with Gasteiger partial charge in [0.05, 0.1) is 11.6 Å². The monoisotopic (exact) mass is 256 g/mol. The van der Waals surface area contributed by atoms with Crippen LogP contribution in [0.3, 0.4) is 0 Å². The zero-order valence-electron chi connectivity index (χ0n) is 11.4. The normalized spacial score (nSPS) is 22.5. The first-order chi connectivity index (χ1) is 9.22. The van der Waals surface area contributed by atoms with Crippen LogP contribution in [-0.4, -0.2) is 5.91 Å². The molecule has 0 heterocycles. The van der Waals surface area contributed by atoms with Gasteiger partial charge >= 0.3 is 0 Å². The standard InChI is InChI=1S/C16H20N2O/c1-2-12-6-8-14(9-7-12)16(19)18-15-5-3-4-13(10-15)11-17/h3-5,10,12,14H,2,6-9H2,1H3,(H,18,19). The number of hydrogen-bond acceptors (Lipinski definition) is 2. The summed E-state index contributed by atoms with van der Waals surface area (Å²) >= 11 is 0. The molecule has 1 aliphatic carbocycles. The van der Waals surface area contributed by atoms with Crippen LogP contribution in [0.15, 0.2) is 24.3 Å². The number of rotatable bonds is 3. The predicted octanol–water partition coefficient (Wildman–Crippen LogP) is 3.71. The Morgan fingerprint density at radius 1 is 1.37 bits per heavy atom. The lowest BCUT2D eigenvalue weighted by atomic mass is 9.80. The molecule has 100 valence electrons. The third-order valence-corrected chi connectivity index (χ3v) is 4.05. The Hall–Kier alpha value is -1.82. The maximum Gasteiger partial charge on any atom is 0.227 e. The predicted molar refractivity (Wildman–Crippen MR) is 75.5 cm³/mol. The molecule has 1 fully saturated rings. The van der Waals surface area contributed by atoms with Crippen molar-refractivity contribution < 1.29 is 4.79 Å². The fourth-order valence-corrected chi connectivity index (χ4v) is 2.74. The van der Waals surface area contributed by atoms with Crippen LogP contribution >= 0.6 is 0 Å². The zero-order valence-corrected chi connectivity index (χ0v) is 11.4. The van der Waals surface area contributed by atoms with Crippen LogP contribution in [0.1, 0.15) is 44.6 Å². The zero-order chi connectivity index (χ0) is 13.7. The van der Waals surface area contributed by atoms with E-state index in [4.69, 9.17) is 5.26 Å². The minimum atomic E-state index is 0.102. The number of nitriles is 1. The van der Waals surface area contributed by atoms with Crippen molar-refractivity contribution in [3.05, 3.63) is 29.8 Å². The number of benzene rings is 1. The second-order valence-electron chi connectivity index (χ2n) is 5.31. The molecule has 3 heteroatoms. The molecule has 3 nitrogen and oxygen atoms in total. The Morgan fingerprint density at radius 3 is 2.74 bits per heavy atom.